The van der Waals surface area contributed by atoms with E-state index in [0.717, 1.165) is 24.3 Å². The minimum Gasteiger partial charge on any atom is -0.495 e. The Hall–Kier alpha value is -2.94. The Morgan fingerprint density at radius 2 is 2.00 bits per heavy atom. The van der Waals surface area contributed by atoms with E-state index >= 15 is 0 Å². The lowest BCUT2D eigenvalue weighted by Gasteiger charge is -2.16. The first-order valence-electron chi connectivity index (χ1n) is 9.77. The van der Waals surface area contributed by atoms with Crippen molar-refractivity contribution in [1.82, 2.24) is 24.9 Å². The summed E-state index contributed by atoms with van der Waals surface area (Å²) in [4.78, 5) is 9.18. The molecule has 0 aromatic carbocycles. The van der Waals surface area contributed by atoms with E-state index in [1.54, 1.807) is 31.0 Å². The third-order valence-electron chi connectivity index (χ3n) is 5.46. The van der Waals surface area contributed by atoms with Crippen molar-refractivity contribution >= 4 is 11.5 Å². The van der Waals surface area contributed by atoms with E-state index in [0.29, 0.717) is 47.6 Å². The Bertz CT molecular complexity index is 1050. The van der Waals surface area contributed by atoms with Gasteiger partial charge < -0.3 is 20.1 Å². The second kappa shape index (κ2) is 7.14. The molecule has 8 nitrogen and oxygen atoms in total. The summed E-state index contributed by atoms with van der Waals surface area (Å²) in [6.45, 7) is 0.912. The van der Waals surface area contributed by atoms with Gasteiger partial charge in [-0.1, -0.05) is 0 Å². The first-order valence-corrected chi connectivity index (χ1v) is 9.77. The zero-order chi connectivity index (χ0) is 20.0. The molecule has 4 heterocycles. The summed E-state index contributed by atoms with van der Waals surface area (Å²) in [7, 11) is 3.25. The first-order chi connectivity index (χ1) is 14.2. The van der Waals surface area contributed by atoms with Gasteiger partial charge >= 0.3 is 0 Å². The van der Waals surface area contributed by atoms with Crippen molar-refractivity contribution in [2.75, 3.05) is 32.6 Å². The summed E-state index contributed by atoms with van der Waals surface area (Å²) >= 11 is 0. The van der Waals surface area contributed by atoms with Gasteiger partial charge in [0.25, 0.3) is 0 Å². The lowest BCUT2D eigenvalue weighted by molar-refractivity contribution is 0.342. The fraction of sp³-hybridized carbons (Fsp3) is 0.450. The van der Waals surface area contributed by atoms with Crippen LogP contribution in [0.15, 0.2) is 24.4 Å². The predicted octanol–water partition coefficient (Wildman–Crippen LogP) is 2.41. The van der Waals surface area contributed by atoms with Crippen LogP contribution in [-0.2, 0) is 0 Å². The second-order valence-electron chi connectivity index (χ2n) is 7.46. The molecule has 2 aliphatic rings. The largest absolute Gasteiger partial charge is 0.495 e. The summed E-state index contributed by atoms with van der Waals surface area (Å²) < 4.78 is 26.8. The molecule has 2 fully saturated rings. The number of ether oxygens (including phenoxy) is 2. The minimum absolute atomic E-state index is 0.310. The Balaban J connectivity index is 1.58. The number of hydrogen-bond donors (Lipinski definition) is 2. The van der Waals surface area contributed by atoms with Crippen LogP contribution in [-0.4, -0.2) is 59.1 Å². The van der Waals surface area contributed by atoms with Crippen LogP contribution in [0.1, 0.15) is 24.5 Å². The topological polar surface area (TPSA) is 85.6 Å². The van der Waals surface area contributed by atoms with Crippen molar-refractivity contribution in [3.63, 3.8) is 0 Å². The number of nitrogens with one attached hydrogen (secondary N) is 2. The number of halogens is 1. The van der Waals surface area contributed by atoms with E-state index in [1.165, 1.54) is 0 Å². The van der Waals surface area contributed by atoms with Gasteiger partial charge in [0.15, 0.2) is 5.65 Å². The number of hydrogen-bond acceptors (Lipinski definition) is 7. The first kappa shape index (κ1) is 18.1. The highest BCUT2D eigenvalue weighted by molar-refractivity contribution is 5.68. The third-order valence-corrected chi connectivity index (χ3v) is 5.46. The summed E-state index contributed by atoms with van der Waals surface area (Å²) in [5.41, 5.74) is 2.93. The Kier molecular flexibility index (Phi) is 4.46. The van der Waals surface area contributed by atoms with E-state index in [1.807, 2.05) is 12.1 Å². The highest BCUT2D eigenvalue weighted by Gasteiger charge is 2.30. The van der Waals surface area contributed by atoms with E-state index in [-0.39, 0.29) is 6.04 Å². The highest BCUT2D eigenvalue weighted by Crippen LogP contribution is 2.43. The second-order valence-corrected chi connectivity index (χ2v) is 7.46. The van der Waals surface area contributed by atoms with Crippen molar-refractivity contribution in [2.45, 2.75) is 31.0 Å². The van der Waals surface area contributed by atoms with Gasteiger partial charge in [-0.05, 0) is 25.0 Å². The SMILES string of the molecule is COc1ccc(N[C@H]2CNC[C@@H]2F)nc1-c1cnc2cc(OC)c(C3CC3)nn12. The van der Waals surface area contributed by atoms with Crippen LogP contribution in [0, 0.1) is 0 Å². The molecule has 3 aromatic heterocycles. The van der Waals surface area contributed by atoms with Crippen LogP contribution in [0.5, 0.6) is 11.5 Å². The van der Waals surface area contributed by atoms with E-state index in [4.69, 9.17) is 19.6 Å². The molecule has 152 valence electrons. The smallest absolute Gasteiger partial charge is 0.157 e. The number of aromatic nitrogens is 4. The molecule has 5 rings (SSSR count). The summed E-state index contributed by atoms with van der Waals surface area (Å²) in [5.74, 6) is 2.37. The van der Waals surface area contributed by atoms with Crippen molar-refractivity contribution in [1.29, 1.82) is 0 Å². The van der Waals surface area contributed by atoms with Gasteiger partial charge in [-0.15, -0.1) is 0 Å². The van der Waals surface area contributed by atoms with Gasteiger partial charge in [0, 0.05) is 25.1 Å². The van der Waals surface area contributed by atoms with Crippen LogP contribution in [0.2, 0.25) is 0 Å². The van der Waals surface area contributed by atoms with Crippen molar-refractivity contribution in [3.05, 3.63) is 30.1 Å². The molecule has 1 saturated carbocycles. The molecule has 2 N–H and O–H groups in total. The number of rotatable bonds is 6. The lowest BCUT2D eigenvalue weighted by atomic mass is 10.2. The van der Waals surface area contributed by atoms with E-state index in [9.17, 15) is 4.39 Å². The molecule has 29 heavy (non-hydrogen) atoms. The van der Waals surface area contributed by atoms with E-state index < -0.39 is 6.17 Å². The normalized spacial score (nSPS) is 21.5. The molecule has 0 amide bonds. The summed E-state index contributed by atoms with van der Waals surface area (Å²) in [6, 6.07) is 5.21. The van der Waals surface area contributed by atoms with Crippen LogP contribution in [0.3, 0.4) is 0 Å². The molecular weight excluding hydrogens is 375 g/mol. The van der Waals surface area contributed by atoms with Crippen molar-refractivity contribution in [3.8, 4) is 22.9 Å². The Morgan fingerprint density at radius 1 is 1.17 bits per heavy atom. The predicted molar refractivity (Wildman–Crippen MR) is 106 cm³/mol. The average molecular weight is 398 g/mol. The lowest BCUT2D eigenvalue weighted by Crippen LogP contribution is -2.29. The maximum absolute atomic E-state index is 14.0. The maximum Gasteiger partial charge on any atom is 0.157 e. The van der Waals surface area contributed by atoms with Gasteiger partial charge in [-0.3, -0.25) is 0 Å². The molecule has 1 saturated heterocycles. The van der Waals surface area contributed by atoms with Gasteiger partial charge in [-0.2, -0.15) is 5.10 Å². The highest BCUT2D eigenvalue weighted by atomic mass is 19.1. The fourth-order valence-electron chi connectivity index (χ4n) is 3.73. The molecule has 0 unspecified atom stereocenters. The molecule has 9 heteroatoms. The van der Waals surface area contributed by atoms with Crippen molar-refractivity contribution in [2.24, 2.45) is 0 Å². The van der Waals surface area contributed by atoms with Gasteiger partial charge in [-0.25, -0.2) is 18.9 Å². The molecule has 1 aliphatic heterocycles. The molecule has 0 bridgehead atoms. The third kappa shape index (κ3) is 3.25. The standard InChI is InChI=1S/C20H23FN6O2/c1-28-15-5-6-17(24-13-9-22-8-12(13)21)25-20(15)14-10-23-18-7-16(29-2)19(11-3-4-11)26-27(14)18/h5-7,10-13,22H,3-4,8-9H2,1-2H3,(H,24,25)/t12-,13-/m0/s1. The molecule has 0 spiro atoms. The van der Waals surface area contributed by atoms with Crippen LogP contribution < -0.4 is 20.1 Å². The zero-order valence-corrected chi connectivity index (χ0v) is 16.4. The quantitative estimate of drug-likeness (QED) is 0.659. The van der Waals surface area contributed by atoms with Gasteiger partial charge in [0.1, 0.15) is 40.6 Å². The summed E-state index contributed by atoms with van der Waals surface area (Å²) in [6.07, 6.45) is 3.00. The van der Waals surface area contributed by atoms with Gasteiger partial charge in [0.2, 0.25) is 0 Å². The minimum atomic E-state index is -0.951. The Labute approximate surface area is 167 Å². The van der Waals surface area contributed by atoms with Crippen LogP contribution >= 0.6 is 0 Å². The number of methoxy groups -OCH3 is 2. The number of imidazole rings is 1. The number of pyridine rings is 1. The molecule has 1 aliphatic carbocycles. The number of alkyl halides is 1. The van der Waals surface area contributed by atoms with Crippen LogP contribution in [0.25, 0.3) is 17.0 Å². The number of nitrogens with zero attached hydrogens (tertiary/aromatic N) is 4. The average Bonchev–Trinajstić information content (AvgIpc) is 3.39. The molecular formula is C20H23FN6O2. The zero-order valence-electron chi connectivity index (χ0n) is 16.4. The fourth-order valence-corrected chi connectivity index (χ4v) is 3.73. The monoisotopic (exact) mass is 398 g/mol. The Morgan fingerprint density at radius 3 is 2.69 bits per heavy atom. The molecule has 2 atom stereocenters. The van der Waals surface area contributed by atoms with E-state index in [2.05, 4.69) is 15.6 Å². The summed E-state index contributed by atoms with van der Waals surface area (Å²) in [5, 5.41) is 11.0. The molecule has 3 aromatic rings. The number of anilines is 1. The van der Waals surface area contributed by atoms with Crippen LogP contribution in [0.4, 0.5) is 10.2 Å². The number of fused-ring (bicyclic) bond motifs is 1. The maximum atomic E-state index is 14.0. The molecule has 0 radical (unpaired) electrons. The van der Waals surface area contributed by atoms with Crippen molar-refractivity contribution < 1.29 is 13.9 Å². The van der Waals surface area contributed by atoms with Gasteiger partial charge in [0.05, 0.1) is 26.5 Å².